The van der Waals surface area contributed by atoms with E-state index in [0.29, 0.717) is 27.3 Å². The van der Waals surface area contributed by atoms with E-state index in [1.807, 2.05) is 0 Å². The molecular formula is C28H21F3N6O4. The van der Waals surface area contributed by atoms with Crippen molar-refractivity contribution in [3.8, 4) is 17.3 Å². The van der Waals surface area contributed by atoms with E-state index in [1.165, 1.54) is 47.4 Å². The highest BCUT2D eigenvalue weighted by molar-refractivity contribution is 6.13. The Balaban J connectivity index is 1.43. The molecule has 13 heteroatoms. The van der Waals surface area contributed by atoms with Crippen molar-refractivity contribution in [1.29, 1.82) is 0 Å². The van der Waals surface area contributed by atoms with Crippen LogP contribution in [0.4, 0.5) is 24.7 Å². The molecule has 41 heavy (non-hydrogen) atoms. The molecule has 3 aromatic heterocycles. The minimum atomic E-state index is -0.880. The van der Waals surface area contributed by atoms with Crippen LogP contribution in [0.1, 0.15) is 29.4 Å². The number of rotatable bonds is 9. The van der Waals surface area contributed by atoms with Gasteiger partial charge in [0, 0.05) is 30.4 Å². The van der Waals surface area contributed by atoms with Gasteiger partial charge in [0.1, 0.15) is 11.6 Å². The summed E-state index contributed by atoms with van der Waals surface area (Å²) in [5, 5.41) is 7.54. The Morgan fingerprint density at radius 3 is 2.46 bits per heavy atom. The molecule has 0 bridgehead atoms. The second-order valence-corrected chi connectivity index (χ2v) is 8.70. The van der Waals surface area contributed by atoms with Crippen LogP contribution in [0.5, 0.6) is 11.6 Å². The number of hydrogen-bond acceptors (Lipinski definition) is 7. The predicted molar refractivity (Wildman–Crippen MR) is 143 cm³/mol. The van der Waals surface area contributed by atoms with Gasteiger partial charge in [0.2, 0.25) is 29.7 Å². The van der Waals surface area contributed by atoms with Crippen molar-refractivity contribution in [2.75, 3.05) is 17.3 Å². The molecule has 0 saturated heterocycles. The Morgan fingerprint density at radius 2 is 1.83 bits per heavy atom. The summed E-state index contributed by atoms with van der Waals surface area (Å²) >= 11 is 0. The fourth-order valence-electron chi connectivity index (χ4n) is 4.21. The lowest BCUT2D eigenvalue weighted by molar-refractivity contribution is -0.121. The molecule has 0 atom stereocenters. The van der Waals surface area contributed by atoms with Crippen LogP contribution in [0.25, 0.3) is 16.6 Å². The van der Waals surface area contributed by atoms with E-state index >= 15 is 0 Å². The first-order valence-electron chi connectivity index (χ1n) is 12.2. The minimum Gasteiger partial charge on any atom is -0.433 e. The number of ether oxygens (including phenoxy) is 1. The number of amides is 2. The quantitative estimate of drug-likeness (QED) is 0.189. The number of nitrogens with one attached hydrogen (secondary N) is 2. The maximum Gasteiger partial charge on any atom is 0.233 e. The number of H-pyrrole nitrogens is 1. The zero-order valence-corrected chi connectivity index (χ0v) is 21.6. The second kappa shape index (κ2) is 11.0. The van der Waals surface area contributed by atoms with Gasteiger partial charge in [-0.2, -0.15) is 5.10 Å². The molecule has 0 aliphatic heterocycles. The van der Waals surface area contributed by atoms with Crippen molar-refractivity contribution in [3.63, 3.8) is 0 Å². The van der Waals surface area contributed by atoms with Gasteiger partial charge in [-0.1, -0.05) is 13.0 Å². The Bertz CT molecular complexity index is 1780. The van der Waals surface area contributed by atoms with Crippen LogP contribution < -0.4 is 15.0 Å². The molecule has 0 fully saturated rings. The highest BCUT2D eigenvalue weighted by Crippen LogP contribution is 2.30. The zero-order valence-electron chi connectivity index (χ0n) is 21.6. The van der Waals surface area contributed by atoms with E-state index in [4.69, 9.17) is 4.74 Å². The van der Waals surface area contributed by atoms with Crippen molar-refractivity contribution in [2.45, 2.75) is 13.3 Å². The largest absolute Gasteiger partial charge is 0.433 e. The van der Waals surface area contributed by atoms with E-state index in [9.17, 15) is 27.6 Å². The van der Waals surface area contributed by atoms with E-state index in [0.717, 1.165) is 18.2 Å². The summed E-state index contributed by atoms with van der Waals surface area (Å²) in [7, 11) is 1.59. The Kier molecular flexibility index (Phi) is 7.25. The van der Waals surface area contributed by atoms with E-state index in [-0.39, 0.29) is 35.7 Å². The highest BCUT2D eigenvalue weighted by atomic mass is 19.1. The molecule has 0 saturated carbocycles. The molecule has 0 aliphatic rings. The van der Waals surface area contributed by atoms with Crippen LogP contribution in [0.2, 0.25) is 0 Å². The third-order valence-corrected chi connectivity index (χ3v) is 6.21. The maximum atomic E-state index is 14.8. The van der Waals surface area contributed by atoms with E-state index in [2.05, 4.69) is 20.4 Å². The van der Waals surface area contributed by atoms with Gasteiger partial charge in [-0.25, -0.2) is 22.8 Å². The third-order valence-electron chi connectivity index (χ3n) is 6.21. The number of halogens is 3. The molecule has 5 aromatic rings. The Hall–Kier alpha value is -5.46. The molecule has 2 N–H and O–H groups in total. The van der Waals surface area contributed by atoms with Crippen LogP contribution in [0, 0.1) is 17.5 Å². The molecule has 0 spiro atoms. The number of benzene rings is 2. The molecule has 208 valence electrons. The second-order valence-electron chi connectivity index (χ2n) is 8.70. The number of fused-ring (bicyclic) bond motifs is 1. The normalized spacial score (nSPS) is 11.0. The number of hydrogen-bond donors (Lipinski definition) is 2. The van der Waals surface area contributed by atoms with Crippen LogP contribution >= 0.6 is 0 Å². The number of aromatic amines is 1. The number of ketones is 1. The number of aromatic nitrogens is 4. The minimum absolute atomic E-state index is 0.00311. The first-order chi connectivity index (χ1) is 19.7. The van der Waals surface area contributed by atoms with Crippen LogP contribution in [0.3, 0.4) is 0 Å². The van der Waals surface area contributed by atoms with Gasteiger partial charge in [0.05, 0.1) is 35.0 Å². The summed E-state index contributed by atoms with van der Waals surface area (Å²) in [6, 6.07) is 10.1. The Morgan fingerprint density at radius 1 is 1.07 bits per heavy atom. The van der Waals surface area contributed by atoms with Crippen molar-refractivity contribution >= 4 is 40.5 Å². The monoisotopic (exact) mass is 562 g/mol. The standard InChI is InChI=1S/C28H21F3N6O4/c1-3-25(39)36(14-38)23-11-21-15(9-20(23)31)10-22(35-21)26(40)17-13-34-37(28(17)32-2)16-7-8-24(33-12-16)41-27-18(29)5-4-6-19(27)30/h4-14,32,35H,3H2,1-2H3. The van der Waals surface area contributed by atoms with E-state index < -0.39 is 34.9 Å². The maximum absolute atomic E-state index is 14.8. The summed E-state index contributed by atoms with van der Waals surface area (Å²) in [5.74, 6) is -3.96. The molecule has 0 unspecified atom stereocenters. The van der Waals surface area contributed by atoms with Crippen LogP contribution in [0.15, 0.2) is 60.9 Å². The van der Waals surface area contributed by atoms with E-state index in [1.54, 1.807) is 14.0 Å². The number of nitrogens with zero attached hydrogens (tertiary/aromatic N) is 4. The van der Waals surface area contributed by atoms with Gasteiger partial charge in [-0.05, 0) is 36.4 Å². The molecule has 5 rings (SSSR count). The lowest BCUT2D eigenvalue weighted by Gasteiger charge is -2.15. The fourth-order valence-corrected chi connectivity index (χ4v) is 4.21. The molecule has 0 radical (unpaired) electrons. The number of imide groups is 1. The smallest absolute Gasteiger partial charge is 0.233 e. The number of pyridine rings is 1. The Labute approximate surface area is 230 Å². The summed E-state index contributed by atoms with van der Waals surface area (Å²) in [6.07, 6.45) is 2.92. The highest BCUT2D eigenvalue weighted by Gasteiger charge is 2.23. The van der Waals surface area contributed by atoms with Gasteiger partial charge < -0.3 is 15.0 Å². The van der Waals surface area contributed by atoms with Gasteiger partial charge in [0.15, 0.2) is 11.6 Å². The molecular weight excluding hydrogens is 541 g/mol. The first-order valence-corrected chi connectivity index (χ1v) is 12.2. The number of para-hydroxylation sites is 1. The molecule has 10 nitrogen and oxygen atoms in total. The average molecular weight is 563 g/mol. The SMILES string of the molecule is CCC(=O)N(C=O)c1cc2[nH]c(C(=O)c3cnn(-c4ccc(Oc5c(F)cccc5F)nc4)c3NC)cc2cc1F. The number of anilines is 2. The van der Waals surface area contributed by atoms with Crippen molar-refractivity contribution < 1.29 is 32.3 Å². The molecule has 2 aromatic carbocycles. The van der Waals surface area contributed by atoms with Gasteiger partial charge in [0.25, 0.3) is 0 Å². The number of carbonyl (C=O) groups is 3. The van der Waals surface area contributed by atoms with Crippen LogP contribution in [-0.4, -0.2) is 44.9 Å². The molecule has 0 aliphatic carbocycles. The zero-order chi connectivity index (χ0) is 29.3. The van der Waals surface area contributed by atoms with Crippen LogP contribution in [-0.2, 0) is 9.59 Å². The summed E-state index contributed by atoms with van der Waals surface area (Å²) < 4.78 is 49.2. The lowest BCUT2D eigenvalue weighted by atomic mass is 10.1. The summed E-state index contributed by atoms with van der Waals surface area (Å²) in [4.78, 5) is 44.6. The average Bonchev–Trinajstić information content (AvgIpc) is 3.59. The lowest BCUT2D eigenvalue weighted by Crippen LogP contribution is -2.29. The summed E-state index contributed by atoms with van der Waals surface area (Å²) in [6.45, 7) is 1.55. The topological polar surface area (TPSA) is 122 Å². The van der Waals surface area contributed by atoms with Gasteiger partial charge in [-0.15, -0.1) is 0 Å². The van der Waals surface area contributed by atoms with Gasteiger partial charge >= 0.3 is 0 Å². The van der Waals surface area contributed by atoms with Gasteiger partial charge in [-0.3, -0.25) is 19.3 Å². The molecule has 2 amide bonds. The fraction of sp³-hybridized carbons (Fsp3) is 0.107. The van der Waals surface area contributed by atoms with Crippen molar-refractivity contribution in [3.05, 3.63) is 89.6 Å². The third kappa shape index (κ3) is 5.00. The van der Waals surface area contributed by atoms with Crippen molar-refractivity contribution in [1.82, 2.24) is 19.7 Å². The summed E-state index contributed by atoms with van der Waals surface area (Å²) in [5.41, 5.74) is 0.796. The first kappa shape index (κ1) is 27.1. The molecule has 3 heterocycles. The number of carbonyl (C=O) groups excluding carboxylic acids is 3. The van der Waals surface area contributed by atoms with Crippen molar-refractivity contribution in [2.24, 2.45) is 0 Å². The predicted octanol–water partition coefficient (Wildman–Crippen LogP) is 5.13.